The third-order valence-electron chi connectivity index (χ3n) is 8.13. The van der Waals surface area contributed by atoms with E-state index in [-0.39, 0.29) is 12.5 Å². The highest BCUT2D eigenvalue weighted by Gasteiger charge is 2.23. The molecule has 0 saturated carbocycles. The van der Waals surface area contributed by atoms with E-state index in [0.717, 1.165) is 51.4 Å². The van der Waals surface area contributed by atoms with Gasteiger partial charge in [-0.3, -0.25) is 9.36 Å². The van der Waals surface area contributed by atoms with Crippen molar-refractivity contribution in [2.45, 2.75) is 161 Å². The van der Waals surface area contributed by atoms with Crippen LogP contribution in [0.15, 0.2) is 36.5 Å². The molecular formula is C38H73N2O6P. The summed E-state index contributed by atoms with van der Waals surface area (Å²) in [6.07, 6.45) is 34.8. The number of rotatable bonds is 33. The van der Waals surface area contributed by atoms with Crippen molar-refractivity contribution in [3.05, 3.63) is 36.5 Å². The molecule has 8 nitrogen and oxygen atoms in total. The Balaban J connectivity index is 4.58. The van der Waals surface area contributed by atoms with E-state index >= 15 is 0 Å². The minimum absolute atomic E-state index is 0.0113. The molecule has 0 heterocycles. The van der Waals surface area contributed by atoms with Crippen LogP contribution >= 0.6 is 7.82 Å². The number of hydrogen-bond acceptors (Lipinski definition) is 6. The molecule has 0 radical (unpaired) electrons. The maximum atomic E-state index is 12.7. The van der Waals surface area contributed by atoms with Gasteiger partial charge in [-0.1, -0.05) is 134 Å². The number of aliphatic hydroxyl groups excluding tert-OH is 1. The molecule has 0 aliphatic carbocycles. The minimum atomic E-state index is -4.59. The first-order chi connectivity index (χ1) is 22.5. The number of allylic oxidation sites excluding steroid dienone is 5. The lowest BCUT2D eigenvalue weighted by molar-refractivity contribution is -0.870. The van der Waals surface area contributed by atoms with Crippen LogP contribution in [0, 0.1) is 0 Å². The molecule has 0 fully saturated rings. The van der Waals surface area contributed by atoms with Gasteiger partial charge in [-0.15, -0.1) is 0 Å². The smallest absolute Gasteiger partial charge is 0.268 e. The number of nitrogens with one attached hydrogen (secondary N) is 1. The first-order valence-corrected chi connectivity index (χ1v) is 20.3. The van der Waals surface area contributed by atoms with Crippen molar-refractivity contribution in [1.29, 1.82) is 0 Å². The van der Waals surface area contributed by atoms with Crippen LogP contribution in [-0.4, -0.2) is 68.5 Å². The number of amides is 1. The standard InChI is InChI=1S/C38H73N2O6P/c1-6-8-10-12-14-16-18-19-20-21-22-24-26-28-30-32-38(42)39-36(35-46-47(43,44)45-34-33-40(3,4)5)37(41)31-29-27-25-23-17-15-13-11-9-7-2/h19-20,25,27,29,31,36-37,41H,6-18,21-24,26,28,30,32-35H2,1-5H3,(H-,39,42,43,44)/b20-19+,27-25+,31-29+/t36-,37+/m0/s1. The first kappa shape index (κ1) is 45.7. The third-order valence-corrected chi connectivity index (χ3v) is 9.09. The summed E-state index contributed by atoms with van der Waals surface area (Å²) in [6.45, 7) is 4.54. The monoisotopic (exact) mass is 685 g/mol. The highest BCUT2D eigenvalue weighted by atomic mass is 31.2. The molecule has 0 aromatic carbocycles. The number of unbranched alkanes of at least 4 members (excludes halogenated alkanes) is 17. The van der Waals surface area contributed by atoms with Gasteiger partial charge in [0.15, 0.2) is 0 Å². The topological polar surface area (TPSA) is 108 Å². The minimum Gasteiger partial charge on any atom is -0.756 e. The number of carbonyl (C=O) groups is 1. The van der Waals surface area contributed by atoms with Gasteiger partial charge in [0.1, 0.15) is 13.2 Å². The molecule has 1 unspecified atom stereocenters. The average molecular weight is 685 g/mol. The fourth-order valence-electron chi connectivity index (χ4n) is 5.03. The second-order valence-corrected chi connectivity index (χ2v) is 15.4. The number of phosphoric ester groups is 1. The van der Waals surface area contributed by atoms with E-state index in [1.54, 1.807) is 12.2 Å². The zero-order valence-electron chi connectivity index (χ0n) is 31.0. The molecule has 0 aromatic heterocycles. The molecule has 0 aliphatic rings. The third kappa shape index (κ3) is 33.0. The molecule has 9 heteroatoms. The average Bonchev–Trinajstić information content (AvgIpc) is 3.01. The summed E-state index contributed by atoms with van der Waals surface area (Å²) in [6, 6.07) is -0.918. The number of phosphoric acid groups is 1. The van der Waals surface area contributed by atoms with E-state index in [1.165, 1.54) is 77.0 Å². The van der Waals surface area contributed by atoms with Gasteiger partial charge in [0, 0.05) is 6.42 Å². The number of hydrogen-bond donors (Lipinski definition) is 2. The highest BCUT2D eigenvalue weighted by Crippen LogP contribution is 2.38. The Bertz CT molecular complexity index is 871. The Morgan fingerprint density at radius 1 is 0.745 bits per heavy atom. The van der Waals surface area contributed by atoms with Crippen molar-refractivity contribution in [3.63, 3.8) is 0 Å². The lowest BCUT2D eigenvalue weighted by Crippen LogP contribution is -2.45. The summed E-state index contributed by atoms with van der Waals surface area (Å²) in [5, 5.41) is 13.6. The molecular weight excluding hydrogens is 611 g/mol. The molecule has 0 saturated heterocycles. The highest BCUT2D eigenvalue weighted by molar-refractivity contribution is 7.45. The molecule has 3 atom stereocenters. The summed E-state index contributed by atoms with van der Waals surface area (Å²) in [7, 11) is 1.22. The molecule has 2 N–H and O–H groups in total. The Labute approximate surface area is 289 Å². The molecule has 47 heavy (non-hydrogen) atoms. The van der Waals surface area contributed by atoms with Crippen molar-refractivity contribution in [3.8, 4) is 0 Å². The summed E-state index contributed by atoms with van der Waals surface area (Å²) in [5.74, 6) is -0.228. The van der Waals surface area contributed by atoms with E-state index < -0.39 is 26.6 Å². The Hall–Kier alpha value is -1.28. The van der Waals surface area contributed by atoms with Crippen molar-refractivity contribution in [1.82, 2.24) is 5.32 Å². The van der Waals surface area contributed by atoms with Crippen molar-refractivity contribution in [2.24, 2.45) is 0 Å². The quantitative estimate of drug-likeness (QED) is 0.0235. The zero-order chi connectivity index (χ0) is 35.1. The first-order valence-electron chi connectivity index (χ1n) is 18.9. The van der Waals surface area contributed by atoms with Crippen LogP contribution in [0.25, 0.3) is 0 Å². The number of likely N-dealkylation sites (N-methyl/N-ethyl adjacent to an activating group) is 1. The van der Waals surface area contributed by atoms with Gasteiger partial charge in [0.2, 0.25) is 5.91 Å². The fourth-order valence-corrected chi connectivity index (χ4v) is 5.75. The number of aliphatic hydroxyl groups is 1. The largest absolute Gasteiger partial charge is 0.756 e. The predicted molar refractivity (Wildman–Crippen MR) is 196 cm³/mol. The second kappa shape index (κ2) is 30.8. The van der Waals surface area contributed by atoms with Gasteiger partial charge < -0.3 is 28.8 Å². The van der Waals surface area contributed by atoms with Crippen molar-refractivity contribution < 1.29 is 32.9 Å². The molecule has 0 aromatic rings. The van der Waals surface area contributed by atoms with Crippen molar-refractivity contribution in [2.75, 3.05) is 40.9 Å². The van der Waals surface area contributed by atoms with Crippen LogP contribution in [-0.2, 0) is 18.4 Å². The van der Waals surface area contributed by atoms with E-state index in [0.29, 0.717) is 17.4 Å². The Morgan fingerprint density at radius 2 is 1.23 bits per heavy atom. The number of nitrogens with zero attached hydrogens (tertiary/aromatic N) is 1. The lowest BCUT2D eigenvalue weighted by Gasteiger charge is -2.29. The lowest BCUT2D eigenvalue weighted by atomic mass is 10.1. The van der Waals surface area contributed by atoms with Crippen LogP contribution in [0.4, 0.5) is 0 Å². The van der Waals surface area contributed by atoms with Gasteiger partial charge >= 0.3 is 0 Å². The van der Waals surface area contributed by atoms with E-state index in [1.807, 2.05) is 27.2 Å². The summed E-state index contributed by atoms with van der Waals surface area (Å²) < 4.78 is 23.0. The van der Waals surface area contributed by atoms with Crippen LogP contribution in [0.5, 0.6) is 0 Å². The van der Waals surface area contributed by atoms with E-state index in [2.05, 4.69) is 37.4 Å². The number of quaternary nitrogens is 1. The van der Waals surface area contributed by atoms with Gasteiger partial charge in [-0.05, 0) is 44.9 Å². The van der Waals surface area contributed by atoms with Gasteiger partial charge in [-0.25, -0.2) is 0 Å². The normalized spacial score (nSPS) is 15.1. The summed E-state index contributed by atoms with van der Waals surface area (Å²) >= 11 is 0. The van der Waals surface area contributed by atoms with Gasteiger partial charge in [0.05, 0.1) is 39.9 Å². The maximum Gasteiger partial charge on any atom is 0.268 e. The van der Waals surface area contributed by atoms with Crippen LogP contribution in [0.2, 0.25) is 0 Å². The molecule has 1 amide bonds. The molecule has 276 valence electrons. The van der Waals surface area contributed by atoms with Crippen LogP contribution in [0.1, 0.15) is 149 Å². The van der Waals surface area contributed by atoms with Crippen LogP contribution < -0.4 is 10.2 Å². The maximum absolute atomic E-state index is 12.7. The summed E-state index contributed by atoms with van der Waals surface area (Å²) in [4.78, 5) is 25.1. The predicted octanol–water partition coefficient (Wildman–Crippen LogP) is 8.94. The Kier molecular flexibility index (Phi) is 29.9. The van der Waals surface area contributed by atoms with Crippen molar-refractivity contribution >= 4 is 13.7 Å². The van der Waals surface area contributed by atoms with Gasteiger partial charge in [-0.2, -0.15) is 0 Å². The summed E-state index contributed by atoms with van der Waals surface area (Å²) in [5.41, 5.74) is 0. The van der Waals surface area contributed by atoms with Gasteiger partial charge in [0.25, 0.3) is 7.82 Å². The van der Waals surface area contributed by atoms with E-state index in [4.69, 9.17) is 9.05 Å². The second-order valence-electron chi connectivity index (χ2n) is 14.0. The molecule has 0 aliphatic heterocycles. The van der Waals surface area contributed by atoms with E-state index in [9.17, 15) is 19.4 Å². The van der Waals surface area contributed by atoms with Crippen LogP contribution in [0.3, 0.4) is 0 Å². The fraction of sp³-hybridized carbons (Fsp3) is 0.816. The molecule has 0 spiro atoms. The zero-order valence-corrected chi connectivity index (χ0v) is 31.9. The number of carbonyl (C=O) groups excluding carboxylic acids is 1. The molecule has 0 rings (SSSR count). The Morgan fingerprint density at radius 3 is 1.77 bits per heavy atom. The SMILES string of the molecule is CCCCCCCC/C=C/C=C/[C@@H](O)[C@H](COP(=O)([O-])OCC[N+](C)(C)C)NC(=O)CCCCCCC/C=C/CCCCCCCC. The molecule has 0 bridgehead atoms.